The molecule has 4 aromatic rings. The highest BCUT2D eigenvalue weighted by Gasteiger charge is 2.18. The molecule has 0 saturated carbocycles. The van der Waals surface area contributed by atoms with Crippen LogP contribution in [0.4, 0.5) is 5.69 Å². The minimum atomic E-state index is -0.666. The van der Waals surface area contributed by atoms with E-state index >= 15 is 0 Å². The fourth-order valence-corrected chi connectivity index (χ4v) is 3.95. The highest BCUT2D eigenvalue weighted by Crippen LogP contribution is 2.30. The van der Waals surface area contributed by atoms with Crippen molar-refractivity contribution >= 4 is 54.4 Å². The maximum absolute atomic E-state index is 12.9. The van der Waals surface area contributed by atoms with Gasteiger partial charge in [-0.3, -0.25) is 14.3 Å². The third kappa shape index (κ3) is 3.24. The van der Waals surface area contributed by atoms with Gasteiger partial charge >= 0.3 is 5.76 Å². The number of nitrogens with zero attached hydrogens (tertiary/aromatic N) is 2. The lowest BCUT2D eigenvalue weighted by molar-refractivity contribution is 0.102. The van der Waals surface area contributed by atoms with Crippen molar-refractivity contribution in [2.75, 3.05) is 5.32 Å². The van der Waals surface area contributed by atoms with Gasteiger partial charge < -0.3 is 9.88 Å². The first kappa shape index (κ1) is 17.7. The number of halogens is 2. The lowest BCUT2D eigenvalue weighted by Gasteiger charge is -2.10. The normalized spacial score (nSPS) is 11.1. The van der Waals surface area contributed by atoms with Gasteiger partial charge in [0.1, 0.15) is 5.69 Å². The van der Waals surface area contributed by atoms with Crippen LogP contribution in [-0.4, -0.2) is 20.6 Å². The van der Waals surface area contributed by atoms with Crippen molar-refractivity contribution in [2.24, 2.45) is 7.05 Å². The predicted molar refractivity (Wildman–Crippen MR) is 109 cm³/mol. The van der Waals surface area contributed by atoms with Crippen molar-refractivity contribution in [1.82, 2.24) is 14.7 Å². The number of carbonyl (C=O) groups excluding carboxylic acids is 1. The van der Waals surface area contributed by atoms with Gasteiger partial charge in [0.25, 0.3) is 5.91 Å². The summed E-state index contributed by atoms with van der Waals surface area (Å²) in [7, 11) is 1.83. The number of aromatic amines is 1. The molecular formula is C18H12Br2N4O3. The van der Waals surface area contributed by atoms with E-state index in [1.54, 1.807) is 18.2 Å². The topological polar surface area (TPSA) is 92.9 Å². The first-order valence-electron chi connectivity index (χ1n) is 7.85. The number of para-hydroxylation sites is 1. The van der Waals surface area contributed by atoms with Crippen molar-refractivity contribution < 1.29 is 9.32 Å². The van der Waals surface area contributed by atoms with Crippen LogP contribution in [-0.2, 0) is 7.05 Å². The average Bonchev–Trinajstić information content (AvgIpc) is 3.21. The summed E-state index contributed by atoms with van der Waals surface area (Å²) in [6, 6.07) is 12.9. The van der Waals surface area contributed by atoms with E-state index in [0.29, 0.717) is 16.9 Å². The van der Waals surface area contributed by atoms with Crippen LogP contribution in [0.5, 0.6) is 0 Å². The number of anilines is 1. The summed E-state index contributed by atoms with van der Waals surface area (Å²) >= 11 is 6.90. The minimum Gasteiger partial charge on any atom is -0.339 e. The van der Waals surface area contributed by atoms with Crippen LogP contribution in [0, 0.1) is 0 Å². The minimum absolute atomic E-state index is 0.233. The number of amides is 1. The molecule has 0 bridgehead atoms. The molecule has 2 heterocycles. The van der Waals surface area contributed by atoms with Crippen LogP contribution in [0.1, 0.15) is 10.5 Å². The standard InChI is InChI=1S/C18H12Br2N4O3/c1-24-14(7-9-3-2-4-12(20)15(9)24)17(25)21-13-6-5-10(19)8-11(13)16-22-18(26)27-23-16/h2-8H,1H3,(H,21,25)(H,22,23,26). The van der Waals surface area contributed by atoms with Crippen LogP contribution < -0.4 is 11.1 Å². The zero-order valence-electron chi connectivity index (χ0n) is 13.9. The predicted octanol–water partition coefficient (Wildman–Crippen LogP) is 4.30. The van der Waals surface area contributed by atoms with Crippen molar-refractivity contribution in [3.63, 3.8) is 0 Å². The van der Waals surface area contributed by atoms with Crippen LogP contribution in [0.15, 0.2) is 60.7 Å². The molecule has 0 aliphatic heterocycles. The number of aromatic nitrogens is 3. The zero-order valence-corrected chi connectivity index (χ0v) is 17.1. The number of carbonyl (C=O) groups is 1. The second-order valence-electron chi connectivity index (χ2n) is 5.85. The molecule has 1 amide bonds. The van der Waals surface area contributed by atoms with Crippen molar-refractivity contribution in [2.45, 2.75) is 0 Å². The fourth-order valence-electron chi connectivity index (χ4n) is 2.94. The van der Waals surface area contributed by atoms with E-state index in [1.807, 2.05) is 35.9 Å². The van der Waals surface area contributed by atoms with E-state index in [9.17, 15) is 9.59 Å². The van der Waals surface area contributed by atoms with Gasteiger partial charge in [-0.15, -0.1) is 0 Å². The molecule has 2 N–H and O–H groups in total. The lowest BCUT2D eigenvalue weighted by atomic mass is 10.1. The van der Waals surface area contributed by atoms with Gasteiger partial charge in [-0.25, -0.2) is 4.79 Å². The number of nitrogens with one attached hydrogen (secondary N) is 2. The van der Waals surface area contributed by atoms with E-state index in [0.717, 1.165) is 19.8 Å². The summed E-state index contributed by atoms with van der Waals surface area (Å²) in [5, 5.41) is 7.54. The Kier molecular flexibility index (Phi) is 4.48. The molecule has 0 fully saturated rings. The van der Waals surface area contributed by atoms with Crippen LogP contribution >= 0.6 is 31.9 Å². The molecule has 2 aromatic heterocycles. The summed E-state index contributed by atoms with van der Waals surface area (Å²) in [6.45, 7) is 0. The molecule has 0 aliphatic carbocycles. The lowest BCUT2D eigenvalue weighted by Crippen LogP contribution is -2.16. The van der Waals surface area contributed by atoms with Gasteiger partial charge in [0, 0.05) is 26.9 Å². The maximum atomic E-state index is 12.9. The second kappa shape index (κ2) is 6.82. The Morgan fingerprint density at radius 3 is 2.74 bits per heavy atom. The number of rotatable bonds is 3. The summed E-state index contributed by atoms with van der Waals surface area (Å²) in [5.74, 6) is -0.716. The quantitative estimate of drug-likeness (QED) is 0.446. The number of hydrogen-bond donors (Lipinski definition) is 2. The molecule has 0 unspecified atom stereocenters. The van der Waals surface area contributed by atoms with Gasteiger partial charge in [0.05, 0.1) is 11.2 Å². The Morgan fingerprint density at radius 1 is 1.22 bits per heavy atom. The number of aryl methyl sites for hydroxylation is 1. The molecule has 4 rings (SSSR count). The third-order valence-corrected chi connectivity index (χ3v) is 5.30. The molecule has 7 nitrogen and oxygen atoms in total. The number of H-pyrrole nitrogens is 1. The number of benzene rings is 2. The Labute approximate surface area is 169 Å². The van der Waals surface area contributed by atoms with E-state index in [-0.39, 0.29) is 11.7 Å². The van der Waals surface area contributed by atoms with Gasteiger partial charge in [-0.1, -0.05) is 33.2 Å². The van der Waals surface area contributed by atoms with Crippen molar-refractivity contribution in [3.8, 4) is 11.4 Å². The van der Waals surface area contributed by atoms with Gasteiger partial charge in [-0.2, -0.15) is 0 Å². The Bertz CT molecular complexity index is 1240. The summed E-state index contributed by atoms with van der Waals surface area (Å²) in [4.78, 5) is 26.7. The Morgan fingerprint density at radius 2 is 2.04 bits per heavy atom. The molecule has 0 radical (unpaired) electrons. The van der Waals surface area contributed by atoms with Crippen LogP contribution in [0.25, 0.3) is 22.3 Å². The highest BCUT2D eigenvalue weighted by atomic mass is 79.9. The molecule has 0 aliphatic rings. The Balaban J connectivity index is 1.75. The van der Waals surface area contributed by atoms with Gasteiger partial charge in [0.2, 0.25) is 0 Å². The molecule has 0 atom stereocenters. The highest BCUT2D eigenvalue weighted by molar-refractivity contribution is 9.11. The smallest absolute Gasteiger partial charge is 0.339 e. The molecule has 136 valence electrons. The molecule has 0 saturated heterocycles. The SMILES string of the molecule is Cn1c(C(=O)Nc2ccc(Br)cc2-c2noc(=O)[nH]2)cc2cccc(Br)c21. The monoisotopic (exact) mass is 490 g/mol. The molecule has 2 aromatic carbocycles. The van der Waals surface area contributed by atoms with Gasteiger partial charge in [0.15, 0.2) is 5.82 Å². The Hall–Kier alpha value is -2.65. The molecular weight excluding hydrogens is 480 g/mol. The van der Waals surface area contributed by atoms with E-state index in [1.165, 1.54) is 0 Å². The van der Waals surface area contributed by atoms with Crippen LogP contribution in [0.2, 0.25) is 0 Å². The summed E-state index contributed by atoms with van der Waals surface area (Å²) in [5.41, 5.74) is 2.46. The van der Waals surface area contributed by atoms with E-state index in [4.69, 9.17) is 0 Å². The first-order chi connectivity index (χ1) is 12.9. The van der Waals surface area contributed by atoms with Crippen LogP contribution in [0.3, 0.4) is 0 Å². The fraction of sp³-hybridized carbons (Fsp3) is 0.0556. The maximum Gasteiger partial charge on any atom is 0.439 e. The first-order valence-corrected chi connectivity index (χ1v) is 9.44. The number of hydrogen-bond acceptors (Lipinski definition) is 4. The second-order valence-corrected chi connectivity index (χ2v) is 7.62. The largest absolute Gasteiger partial charge is 0.439 e. The average molecular weight is 492 g/mol. The van der Waals surface area contributed by atoms with Crippen molar-refractivity contribution in [3.05, 3.63) is 67.7 Å². The van der Waals surface area contributed by atoms with E-state index < -0.39 is 5.76 Å². The molecule has 0 spiro atoms. The van der Waals surface area contributed by atoms with Gasteiger partial charge in [-0.05, 0) is 46.3 Å². The van der Waals surface area contributed by atoms with E-state index in [2.05, 4.69) is 51.8 Å². The summed E-state index contributed by atoms with van der Waals surface area (Å²) in [6.07, 6.45) is 0. The number of fused-ring (bicyclic) bond motifs is 1. The molecule has 9 heteroatoms. The zero-order chi connectivity index (χ0) is 19.1. The van der Waals surface area contributed by atoms with Crippen molar-refractivity contribution in [1.29, 1.82) is 0 Å². The summed E-state index contributed by atoms with van der Waals surface area (Å²) < 4.78 is 8.08. The third-order valence-electron chi connectivity index (χ3n) is 4.16. The molecule has 27 heavy (non-hydrogen) atoms.